The smallest absolute Gasteiger partial charge is 0.257 e. The molecule has 114 valence electrons. The quantitative estimate of drug-likeness (QED) is 0.815. The SMILES string of the molecule is O=C(c1ccoc1)N1CCCN(C(=O)[C@@H]2CCOC2)CC1. The van der Waals surface area contributed by atoms with E-state index in [1.165, 1.54) is 12.5 Å². The molecule has 0 aromatic carbocycles. The van der Waals surface area contributed by atoms with Crippen LogP contribution in [0.3, 0.4) is 0 Å². The van der Waals surface area contributed by atoms with E-state index in [0.29, 0.717) is 45.0 Å². The Morgan fingerprint density at radius 3 is 2.67 bits per heavy atom. The van der Waals surface area contributed by atoms with Crippen LogP contribution in [-0.2, 0) is 9.53 Å². The monoisotopic (exact) mass is 292 g/mol. The van der Waals surface area contributed by atoms with Crippen molar-refractivity contribution in [2.75, 3.05) is 39.4 Å². The predicted molar refractivity (Wildman–Crippen MR) is 74.7 cm³/mol. The van der Waals surface area contributed by atoms with Gasteiger partial charge < -0.3 is 19.0 Å². The number of furan rings is 1. The van der Waals surface area contributed by atoms with Crippen LogP contribution in [0.2, 0.25) is 0 Å². The molecule has 0 bridgehead atoms. The minimum Gasteiger partial charge on any atom is -0.472 e. The van der Waals surface area contributed by atoms with Crippen molar-refractivity contribution in [1.29, 1.82) is 0 Å². The summed E-state index contributed by atoms with van der Waals surface area (Å²) in [7, 11) is 0. The molecule has 2 fully saturated rings. The van der Waals surface area contributed by atoms with Crippen molar-refractivity contribution in [2.45, 2.75) is 12.8 Å². The highest BCUT2D eigenvalue weighted by atomic mass is 16.5. The number of nitrogens with zero attached hydrogens (tertiary/aromatic N) is 2. The average molecular weight is 292 g/mol. The van der Waals surface area contributed by atoms with E-state index in [2.05, 4.69) is 0 Å². The minimum atomic E-state index is -0.0257. The molecule has 0 unspecified atom stereocenters. The van der Waals surface area contributed by atoms with Crippen LogP contribution in [0.15, 0.2) is 23.0 Å². The Morgan fingerprint density at radius 2 is 1.95 bits per heavy atom. The molecule has 0 spiro atoms. The fourth-order valence-corrected chi connectivity index (χ4v) is 2.90. The number of carbonyl (C=O) groups is 2. The van der Waals surface area contributed by atoms with Crippen LogP contribution in [-0.4, -0.2) is 61.0 Å². The zero-order valence-corrected chi connectivity index (χ0v) is 12.0. The number of hydrogen-bond acceptors (Lipinski definition) is 4. The second kappa shape index (κ2) is 6.30. The highest BCUT2D eigenvalue weighted by Crippen LogP contribution is 2.17. The van der Waals surface area contributed by atoms with E-state index < -0.39 is 0 Å². The van der Waals surface area contributed by atoms with Crippen LogP contribution >= 0.6 is 0 Å². The second-order valence-corrected chi connectivity index (χ2v) is 5.54. The molecule has 6 heteroatoms. The van der Waals surface area contributed by atoms with E-state index in [1.807, 2.05) is 4.90 Å². The van der Waals surface area contributed by atoms with Crippen LogP contribution in [0, 0.1) is 5.92 Å². The largest absolute Gasteiger partial charge is 0.472 e. The summed E-state index contributed by atoms with van der Waals surface area (Å²) in [5.74, 6) is 0.147. The normalized spacial score (nSPS) is 23.1. The Kier molecular flexibility index (Phi) is 4.24. The molecule has 3 heterocycles. The molecule has 1 aromatic heterocycles. The van der Waals surface area contributed by atoms with Crippen molar-refractivity contribution in [3.05, 3.63) is 24.2 Å². The van der Waals surface area contributed by atoms with E-state index in [0.717, 1.165) is 12.8 Å². The lowest BCUT2D eigenvalue weighted by molar-refractivity contribution is -0.135. The van der Waals surface area contributed by atoms with Crippen molar-refractivity contribution in [3.8, 4) is 0 Å². The number of hydrogen-bond donors (Lipinski definition) is 0. The molecule has 0 aliphatic carbocycles. The molecular weight excluding hydrogens is 272 g/mol. The van der Waals surface area contributed by atoms with Gasteiger partial charge in [0.25, 0.3) is 5.91 Å². The molecule has 1 aromatic rings. The highest BCUT2D eigenvalue weighted by molar-refractivity contribution is 5.93. The molecule has 1 atom stereocenters. The van der Waals surface area contributed by atoms with Gasteiger partial charge >= 0.3 is 0 Å². The Balaban J connectivity index is 1.59. The molecule has 3 rings (SSSR count). The molecule has 2 aliphatic heterocycles. The molecule has 6 nitrogen and oxygen atoms in total. The van der Waals surface area contributed by atoms with Crippen LogP contribution in [0.4, 0.5) is 0 Å². The first-order chi connectivity index (χ1) is 10.3. The summed E-state index contributed by atoms with van der Waals surface area (Å²) >= 11 is 0. The van der Waals surface area contributed by atoms with Gasteiger partial charge in [0.05, 0.1) is 24.4 Å². The lowest BCUT2D eigenvalue weighted by Crippen LogP contribution is -2.40. The molecule has 21 heavy (non-hydrogen) atoms. The summed E-state index contributed by atoms with van der Waals surface area (Å²) in [6.45, 7) is 3.77. The van der Waals surface area contributed by atoms with E-state index in [1.54, 1.807) is 11.0 Å². The molecule has 0 saturated carbocycles. The van der Waals surface area contributed by atoms with Gasteiger partial charge in [-0.2, -0.15) is 0 Å². The average Bonchev–Trinajstić information content (AvgIpc) is 3.15. The Hall–Kier alpha value is -1.82. The van der Waals surface area contributed by atoms with Gasteiger partial charge in [-0.15, -0.1) is 0 Å². The first-order valence-electron chi connectivity index (χ1n) is 7.43. The zero-order chi connectivity index (χ0) is 14.7. The standard InChI is InChI=1S/C15H20N2O4/c18-14(12-2-8-20-10-12)16-4-1-5-17(7-6-16)15(19)13-3-9-21-11-13/h2,8,10,13H,1,3-7,9,11H2/t13-/m1/s1. The maximum atomic E-state index is 12.4. The Bertz CT molecular complexity index is 494. The van der Waals surface area contributed by atoms with E-state index >= 15 is 0 Å². The number of carbonyl (C=O) groups excluding carboxylic acids is 2. The first kappa shape index (κ1) is 14.1. The third-order valence-electron chi connectivity index (χ3n) is 4.14. The summed E-state index contributed by atoms with van der Waals surface area (Å²) < 4.78 is 10.2. The van der Waals surface area contributed by atoms with Gasteiger partial charge in [-0.1, -0.05) is 0 Å². The van der Waals surface area contributed by atoms with Gasteiger partial charge in [-0.25, -0.2) is 0 Å². The molecule has 2 saturated heterocycles. The number of ether oxygens (including phenoxy) is 1. The van der Waals surface area contributed by atoms with Crippen LogP contribution in [0.1, 0.15) is 23.2 Å². The van der Waals surface area contributed by atoms with Crippen molar-refractivity contribution < 1.29 is 18.7 Å². The summed E-state index contributed by atoms with van der Waals surface area (Å²) in [4.78, 5) is 28.3. The van der Waals surface area contributed by atoms with E-state index in [-0.39, 0.29) is 17.7 Å². The fourth-order valence-electron chi connectivity index (χ4n) is 2.90. The van der Waals surface area contributed by atoms with Gasteiger partial charge in [0.15, 0.2) is 0 Å². The van der Waals surface area contributed by atoms with Crippen molar-refractivity contribution in [2.24, 2.45) is 5.92 Å². The summed E-state index contributed by atoms with van der Waals surface area (Å²) in [6, 6.07) is 1.67. The van der Waals surface area contributed by atoms with Crippen LogP contribution in [0.5, 0.6) is 0 Å². The van der Waals surface area contributed by atoms with Gasteiger partial charge in [-0.3, -0.25) is 9.59 Å². The predicted octanol–water partition coefficient (Wildman–Crippen LogP) is 0.991. The highest BCUT2D eigenvalue weighted by Gasteiger charge is 2.30. The number of amides is 2. The van der Waals surface area contributed by atoms with Gasteiger partial charge in [-0.05, 0) is 18.9 Å². The lowest BCUT2D eigenvalue weighted by Gasteiger charge is -2.24. The van der Waals surface area contributed by atoms with Crippen LogP contribution in [0.25, 0.3) is 0 Å². The summed E-state index contributed by atoms with van der Waals surface area (Å²) in [5, 5.41) is 0. The fraction of sp³-hybridized carbons (Fsp3) is 0.600. The first-order valence-corrected chi connectivity index (χ1v) is 7.43. The molecular formula is C15H20N2O4. The van der Waals surface area contributed by atoms with Gasteiger partial charge in [0, 0.05) is 32.8 Å². The summed E-state index contributed by atoms with van der Waals surface area (Å²) in [6.07, 6.45) is 4.59. The molecule has 0 radical (unpaired) electrons. The minimum absolute atomic E-state index is 0.00104. The molecule has 2 aliphatic rings. The second-order valence-electron chi connectivity index (χ2n) is 5.54. The Morgan fingerprint density at radius 1 is 1.14 bits per heavy atom. The lowest BCUT2D eigenvalue weighted by atomic mass is 10.1. The van der Waals surface area contributed by atoms with Crippen molar-refractivity contribution >= 4 is 11.8 Å². The van der Waals surface area contributed by atoms with Crippen molar-refractivity contribution in [1.82, 2.24) is 9.80 Å². The van der Waals surface area contributed by atoms with Gasteiger partial charge in [0.1, 0.15) is 6.26 Å². The molecule has 2 amide bonds. The number of rotatable bonds is 2. The maximum absolute atomic E-state index is 12.4. The van der Waals surface area contributed by atoms with Crippen molar-refractivity contribution in [3.63, 3.8) is 0 Å². The van der Waals surface area contributed by atoms with Crippen LogP contribution < -0.4 is 0 Å². The molecule has 0 N–H and O–H groups in total. The van der Waals surface area contributed by atoms with Gasteiger partial charge in [0.2, 0.25) is 5.91 Å². The summed E-state index contributed by atoms with van der Waals surface area (Å²) in [5.41, 5.74) is 0.568. The van der Waals surface area contributed by atoms with E-state index in [9.17, 15) is 9.59 Å². The third kappa shape index (κ3) is 3.10. The maximum Gasteiger partial charge on any atom is 0.257 e. The Labute approximate surface area is 123 Å². The zero-order valence-electron chi connectivity index (χ0n) is 12.0. The third-order valence-corrected chi connectivity index (χ3v) is 4.14. The topological polar surface area (TPSA) is 63.0 Å². The van der Waals surface area contributed by atoms with E-state index in [4.69, 9.17) is 9.15 Å².